The fourth-order valence-corrected chi connectivity index (χ4v) is 6.29. The molecule has 8 aromatic rings. The highest BCUT2D eigenvalue weighted by atomic mass is 19.2. The minimum Gasteiger partial charge on any atom is -0.247 e. The Morgan fingerprint density at radius 3 is 1.51 bits per heavy atom. The Bertz CT molecular complexity index is 2780. The van der Waals surface area contributed by atoms with Crippen LogP contribution >= 0.6 is 0 Å². The van der Waals surface area contributed by atoms with E-state index < -0.39 is 40.2 Å². The Morgan fingerprint density at radius 2 is 0.941 bits per heavy atom. The Balaban J connectivity index is 1.63. The SMILES string of the molecule is N#Cc1ccc(-c2nc3c(-c4c(F)c(F)c(F)c(F)c4F)cc4c(-c5ccccc5)nc5ccccc5c4c3nc2-c2ccc(C#N)cc2)cc1. The molecule has 0 radical (unpaired) electrons. The number of para-hydroxylation sites is 1. The third-order valence-corrected chi connectivity index (χ3v) is 8.71. The van der Waals surface area contributed by atoms with Crippen molar-refractivity contribution >= 4 is 32.7 Å². The molecule has 51 heavy (non-hydrogen) atoms. The molecule has 2 aromatic heterocycles. The van der Waals surface area contributed by atoms with Crippen LogP contribution in [-0.2, 0) is 0 Å². The predicted octanol–water partition coefficient (Wildman–Crippen LogP) is 10.4. The molecular formula is C41H18F5N5. The van der Waals surface area contributed by atoms with E-state index in [0.717, 1.165) is 0 Å². The largest absolute Gasteiger partial charge is 0.247 e. The second-order valence-corrected chi connectivity index (χ2v) is 11.6. The highest BCUT2D eigenvalue weighted by molar-refractivity contribution is 6.24. The first-order chi connectivity index (χ1) is 24.8. The molecule has 5 nitrogen and oxygen atoms in total. The summed E-state index contributed by atoms with van der Waals surface area (Å²) < 4.78 is 75.6. The minimum atomic E-state index is -2.29. The Kier molecular flexibility index (Phi) is 7.43. The zero-order chi connectivity index (χ0) is 35.4. The van der Waals surface area contributed by atoms with Crippen LogP contribution in [0.3, 0.4) is 0 Å². The van der Waals surface area contributed by atoms with Gasteiger partial charge in [0.1, 0.15) is 0 Å². The van der Waals surface area contributed by atoms with E-state index in [1.54, 1.807) is 97.1 Å². The molecule has 242 valence electrons. The van der Waals surface area contributed by atoms with Crippen molar-refractivity contribution in [2.24, 2.45) is 0 Å². The highest BCUT2D eigenvalue weighted by Gasteiger charge is 2.30. The summed E-state index contributed by atoms with van der Waals surface area (Å²) >= 11 is 0. The van der Waals surface area contributed by atoms with Crippen LogP contribution in [0.1, 0.15) is 11.1 Å². The van der Waals surface area contributed by atoms with Crippen LogP contribution in [0.2, 0.25) is 0 Å². The zero-order valence-corrected chi connectivity index (χ0v) is 26.0. The van der Waals surface area contributed by atoms with Crippen LogP contribution in [0.25, 0.3) is 77.6 Å². The van der Waals surface area contributed by atoms with Crippen molar-refractivity contribution in [1.82, 2.24) is 15.0 Å². The molecule has 0 aliphatic heterocycles. The summed E-state index contributed by atoms with van der Waals surface area (Å²) in [4.78, 5) is 14.9. The lowest BCUT2D eigenvalue weighted by Crippen LogP contribution is -2.06. The molecule has 6 aromatic carbocycles. The summed E-state index contributed by atoms with van der Waals surface area (Å²) in [6.07, 6.45) is 0. The van der Waals surface area contributed by atoms with Crippen LogP contribution in [0, 0.1) is 51.7 Å². The summed E-state index contributed by atoms with van der Waals surface area (Å²) in [6, 6.07) is 34.5. The maximum absolute atomic E-state index is 15.8. The second-order valence-electron chi connectivity index (χ2n) is 11.6. The van der Waals surface area contributed by atoms with E-state index >= 15 is 8.78 Å². The van der Waals surface area contributed by atoms with Gasteiger partial charge in [-0.25, -0.2) is 36.9 Å². The van der Waals surface area contributed by atoms with E-state index in [1.807, 2.05) is 6.07 Å². The van der Waals surface area contributed by atoms with Gasteiger partial charge < -0.3 is 0 Å². The number of hydrogen-bond acceptors (Lipinski definition) is 5. The normalized spacial score (nSPS) is 11.2. The molecule has 0 amide bonds. The third-order valence-electron chi connectivity index (χ3n) is 8.71. The fraction of sp³-hybridized carbons (Fsp3) is 0. The van der Waals surface area contributed by atoms with Gasteiger partial charge in [-0.2, -0.15) is 10.5 Å². The van der Waals surface area contributed by atoms with Crippen LogP contribution in [0.5, 0.6) is 0 Å². The summed E-state index contributed by atoms with van der Waals surface area (Å²) in [7, 11) is 0. The van der Waals surface area contributed by atoms with Gasteiger partial charge in [0, 0.05) is 38.4 Å². The molecule has 0 N–H and O–H groups in total. The number of halogens is 5. The van der Waals surface area contributed by atoms with E-state index in [1.165, 1.54) is 6.07 Å². The highest BCUT2D eigenvalue weighted by Crippen LogP contribution is 2.44. The van der Waals surface area contributed by atoms with Gasteiger partial charge in [-0.15, -0.1) is 0 Å². The molecule has 0 spiro atoms. The molecule has 10 heteroatoms. The molecule has 0 fully saturated rings. The van der Waals surface area contributed by atoms with Crippen LogP contribution in [0.15, 0.2) is 109 Å². The van der Waals surface area contributed by atoms with E-state index in [0.29, 0.717) is 60.9 Å². The van der Waals surface area contributed by atoms with Crippen LogP contribution in [0.4, 0.5) is 22.0 Å². The van der Waals surface area contributed by atoms with Crippen molar-refractivity contribution in [3.63, 3.8) is 0 Å². The van der Waals surface area contributed by atoms with Gasteiger partial charge in [0.05, 0.1) is 62.5 Å². The van der Waals surface area contributed by atoms with Crippen LogP contribution < -0.4 is 0 Å². The van der Waals surface area contributed by atoms with Gasteiger partial charge in [0.25, 0.3) is 0 Å². The van der Waals surface area contributed by atoms with Crippen molar-refractivity contribution in [3.05, 3.63) is 149 Å². The van der Waals surface area contributed by atoms with Gasteiger partial charge in [-0.05, 0) is 36.4 Å². The molecule has 0 atom stereocenters. The number of pyridine rings is 1. The van der Waals surface area contributed by atoms with E-state index in [9.17, 15) is 23.7 Å². The molecule has 0 aliphatic rings. The first kappa shape index (κ1) is 31.2. The summed E-state index contributed by atoms with van der Waals surface area (Å²) in [5.74, 6) is -10.6. The summed E-state index contributed by atoms with van der Waals surface area (Å²) in [6.45, 7) is 0. The lowest BCUT2D eigenvalue weighted by atomic mass is 9.92. The van der Waals surface area contributed by atoms with E-state index in [2.05, 4.69) is 12.1 Å². The number of nitriles is 2. The Morgan fingerprint density at radius 1 is 0.451 bits per heavy atom. The lowest BCUT2D eigenvalue weighted by molar-refractivity contribution is 0.381. The topological polar surface area (TPSA) is 86.2 Å². The average molecular weight is 676 g/mol. The van der Waals surface area contributed by atoms with Gasteiger partial charge in [-0.1, -0.05) is 72.8 Å². The molecular weight excluding hydrogens is 657 g/mol. The first-order valence-corrected chi connectivity index (χ1v) is 15.4. The number of rotatable bonds is 4. The Hall–Kier alpha value is -7.04. The maximum Gasteiger partial charge on any atom is 0.200 e. The number of aromatic nitrogens is 3. The molecule has 2 heterocycles. The average Bonchev–Trinajstić information content (AvgIpc) is 3.18. The lowest BCUT2D eigenvalue weighted by Gasteiger charge is -2.18. The molecule has 0 aliphatic carbocycles. The van der Waals surface area contributed by atoms with Crippen molar-refractivity contribution in [2.75, 3.05) is 0 Å². The molecule has 0 bridgehead atoms. The number of benzene rings is 6. The molecule has 0 saturated carbocycles. The van der Waals surface area contributed by atoms with Crippen molar-refractivity contribution < 1.29 is 22.0 Å². The van der Waals surface area contributed by atoms with Gasteiger partial charge in [0.2, 0.25) is 5.82 Å². The van der Waals surface area contributed by atoms with Crippen molar-refractivity contribution in [1.29, 1.82) is 10.5 Å². The maximum atomic E-state index is 15.8. The van der Waals surface area contributed by atoms with Crippen molar-refractivity contribution in [3.8, 4) is 57.0 Å². The van der Waals surface area contributed by atoms with E-state index in [-0.39, 0.29) is 16.7 Å². The smallest absolute Gasteiger partial charge is 0.200 e. The molecule has 8 rings (SSSR count). The first-order valence-electron chi connectivity index (χ1n) is 15.4. The fourth-order valence-electron chi connectivity index (χ4n) is 6.29. The van der Waals surface area contributed by atoms with Crippen LogP contribution in [-0.4, -0.2) is 15.0 Å². The number of hydrogen-bond donors (Lipinski definition) is 0. The minimum absolute atomic E-state index is 0.110. The summed E-state index contributed by atoms with van der Waals surface area (Å²) in [5.41, 5.74) is 2.20. The van der Waals surface area contributed by atoms with E-state index in [4.69, 9.17) is 15.0 Å². The third kappa shape index (κ3) is 5.01. The second kappa shape index (κ2) is 12.1. The van der Waals surface area contributed by atoms with Gasteiger partial charge >= 0.3 is 0 Å². The standard InChI is InChI=1S/C41H18F5N5/c42-32-31(33(43)35(45)36(46)34(32)44)28-18-27-30(26-8-4-5-9-29(26)49-37(27)23-6-2-1-3-7-23)41-40(28)50-38(24-14-10-21(19-47)11-15-24)39(51-41)25-16-12-22(20-48)13-17-25/h1-18H. The Labute approximate surface area is 286 Å². The monoisotopic (exact) mass is 675 g/mol. The summed E-state index contributed by atoms with van der Waals surface area (Å²) in [5, 5.41) is 20.3. The number of fused-ring (bicyclic) bond motifs is 5. The molecule has 0 saturated heterocycles. The van der Waals surface area contributed by atoms with Gasteiger partial charge in [-0.3, -0.25) is 0 Å². The van der Waals surface area contributed by atoms with Gasteiger partial charge in [0.15, 0.2) is 23.3 Å². The van der Waals surface area contributed by atoms with Crippen molar-refractivity contribution in [2.45, 2.75) is 0 Å². The molecule has 0 unspecified atom stereocenters. The quantitative estimate of drug-likeness (QED) is 0.0802. The number of nitrogens with zero attached hydrogens (tertiary/aromatic N) is 5. The zero-order valence-electron chi connectivity index (χ0n) is 26.0. The predicted molar refractivity (Wildman–Crippen MR) is 183 cm³/mol.